The Balaban J connectivity index is 1.74. The number of anilines is 2. The molecule has 3 heteroatoms. The van der Waals surface area contributed by atoms with Gasteiger partial charge in [0.1, 0.15) is 0 Å². The van der Waals surface area contributed by atoms with Gasteiger partial charge in [0.2, 0.25) is 0 Å². The van der Waals surface area contributed by atoms with Crippen molar-refractivity contribution in [1.82, 2.24) is 4.98 Å². The average Bonchev–Trinajstić information content (AvgIpc) is 2.65. The molecule has 0 saturated heterocycles. The van der Waals surface area contributed by atoms with Crippen LogP contribution in [0.5, 0.6) is 11.5 Å². The number of benzene rings is 3. The largest absolute Gasteiger partial charge is 0.453 e. The smallest absolute Gasteiger partial charge is 0.151 e. The minimum absolute atomic E-state index is 0.833. The molecule has 1 aliphatic heterocycles. The predicted octanol–water partition coefficient (Wildman–Crippen LogP) is 5.75. The van der Waals surface area contributed by atoms with Crippen molar-refractivity contribution >= 4 is 22.3 Å². The molecule has 3 nitrogen and oxygen atoms in total. The maximum Gasteiger partial charge on any atom is 0.151 e. The Morgan fingerprint density at radius 2 is 1.50 bits per heavy atom. The average molecular weight is 310 g/mol. The molecule has 0 spiro atoms. The molecular weight excluding hydrogens is 296 g/mol. The van der Waals surface area contributed by atoms with Crippen LogP contribution in [0, 0.1) is 0 Å². The summed E-state index contributed by atoms with van der Waals surface area (Å²) in [5.74, 6) is 1.68. The van der Waals surface area contributed by atoms with Gasteiger partial charge in [-0.25, -0.2) is 0 Å². The molecule has 0 saturated carbocycles. The Morgan fingerprint density at radius 3 is 2.50 bits per heavy atom. The van der Waals surface area contributed by atoms with E-state index in [-0.39, 0.29) is 0 Å². The summed E-state index contributed by atoms with van der Waals surface area (Å²) in [6.45, 7) is 0. The fourth-order valence-electron chi connectivity index (χ4n) is 3.20. The van der Waals surface area contributed by atoms with Crippen LogP contribution in [0.15, 0.2) is 79.0 Å². The van der Waals surface area contributed by atoms with Crippen LogP contribution in [0.1, 0.15) is 0 Å². The van der Waals surface area contributed by atoms with Crippen LogP contribution in [0.2, 0.25) is 0 Å². The van der Waals surface area contributed by atoms with E-state index in [0.29, 0.717) is 0 Å². The minimum atomic E-state index is 0.833. The standard InChI is InChI=1S/C21H14N2O/c1-2-11-18-17(10-1)23-21-16(9-4-12-19(21)24-18)15-8-3-6-14-7-5-13-22-20(14)15/h1-13,23H. The number of ether oxygens (including phenoxy) is 1. The van der Waals surface area contributed by atoms with Gasteiger partial charge in [-0.15, -0.1) is 0 Å². The van der Waals surface area contributed by atoms with E-state index in [4.69, 9.17) is 4.74 Å². The predicted molar refractivity (Wildman–Crippen MR) is 97.0 cm³/mol. The van der Waals surface area contributed by atoms with Crippen molar-refractivity contribution in [2.75, 3.05) is 5.32 Å². The van der Waals surface area contributed by atoms with Gasteiger partial charge in [0.25, 0.3) is 0 Å². The highest BCUT2D eigenvalue weighted by Crippen LogP contribution is 2.47. The zero-order chi connectivity index (χ0) is 15.9. The number of nitrogens with one attached hydrogen (secondary N) is 1. The van der Waals surface area contributed by atoms with E-state index >= 15 is 0 Å². The molecule has 0 unspecified atom stereocenters. The topological polar surface area (TPSA) is 34.2 Å². The summed E-state index contributed by atoms with van der Waals surface area (Å²) in [7, 11) is 0. The minimum Gasteiger partial charge on any atom is -0.453 e. The van der Waals surface area contributed by atoms with Crippen molar-refractivity contribution < 1.29 is 4.74 Å². The van der Waals surface area contributed by atoms with Crippen LogP contribution in [0.3, 0.4) is 0 Å². The van der Waals surface area contributed by atoms with Crippen molar-refractivity contribution in [3.05, 3.63) is 79.0 Å². The maximum absolute atomic E-state index is 6.07. The second kappa shape index (κ2) is 5.10. The van der Waals surface area contributed by atoms with Gasteiger partial charge >= 0.3 is 0 Å². The Hall–Kier alpha value is -3.33. The van der Waals surface area contributed by atoms with Gasteiger partial charge in [0.15, 0.2) is 11.5 Å². The number of fused-ring (bicyclic) bond motifs is 3. The lowest BCUT2D eigenvalue weighted by Gasteiger charge is -2.24. The zero-order valence-corrected chi connectivity index (χ0v) is 12.9. The molecule has 3 aromatic carbocycles. The molecule has 114 valence electrons. The van der Waals surface area contributed by atoms with E-state index in [0.717, 1.165) is 44.9 Å². The van der Waals surface area contributed by atoms with Gasteiger partial charge in [-0.05, 0) is 24.3 Å². The highest BCUT2D eigenvalue weighted by molar-refractivity contribution is 5.99. The molecule has 4 aromatic rings. The first-order valence-corrected chi connectivity index (χ1v) is 7.91. The summed E-state index contributed by atoms with van der Waals surface area (Å²) in [6.07, 6.45) is 1.83. The van der Waals surface area contributed by atoms with E-state index in [1.165, 1.54) is 0 Å². The van der Waals surface area contributed by atoms with Crippen molar-refractivity contribution in [1.29, 1.82) is 0 Å². The quantitative estimate of drug-likeness (QED) is 0.428. The molecule has 5 rings (SSSR count). The highest BCUT2D eigenvalue weighted by atomic mass is 16.5. The zero-order valence-electron chi connectivity index (χ0n) is 12.9. The van der Waals surface area contributed by atoms with Crippen LogP contribution in [0.25, 0.3) is 22.0 Å². The Kier molecular flexibility index (Phi) is 2.79. The number of aromatic nitrogens is 1. The summed E-state index contributed by atoms with van der Waals surface area (Å²) >= 11 is 0. The Morgan fingerprint density at radius 1 is 0.708 bits per heavy atom. The molecule has 1 aromatic heterocycles. The van der Waals surface area contributed by atoms with Crippen molar-refractivity contribution in [2.24, 2.45) is 0 Å². The van der Waals surface area contributed by atoms with Gasteiger partial charge in [0, 0.05) is 22.7 Å². The van der Waals surface area contributed by atoms with Crippen LogP contribution in [-0.4, -0.2) is 4.98 Å². The fourth-order valence-corrected chi connectivity index (χ4v) is 3.20. The summed E-state index contributed by atoms with van der Waals surface area (Å²) in [4.78, 5) is 4.58. The first-order chi connectivity index (χ1) is 11.9. The molecule has 0 atom stereocenters. The van der Waals surface area contributed by atoms with Crippen molar-refractivity contribution in [3.8, 4) is 22.6 Å². The van der Waals surface area contributed by atoms with Gasteiger partial charge in [0.05, 0.1) is 16.9 Å². The van der Waals surface area contributed by atoms with Crippen molar-refractivity contribution in [2.45, 2.75) is 0 Å². The number of hydrogen-bond acceptors (Lipinski definition) is 3. The van der Waals surface area contributed by atoms with Crippen molar-refractivity contribution in [3.63, 3.8) is 0 Å². The Bertz CT molecular complexity index is 1070. The van der Waals surface area contributed by atoms with E-state index in [1.54, 1.807) is 0 Å². The number of rotatable bonds is 1. The molecule has 0 bridgehead atoms. The lowest BCUT2D eigenvalue weighted by Crippen LogP contribution is -2.04. The lowest BCUT2D eigenvalue weighted by atomic mass is 9.99. The lowest BCUT2D eigenvalue weighted by molar-refractivity contribution is 0.481. The third-order valence-electron chi connectivity index (χ3n) is 4.32. The maximum atomic E-state index is 6.07. The molecule has 0 aliphatic carbocycles. The van der Waals surface area contributed by atoms with Crippen LogP contribution in [0.4, 0.5) is 11.4 Å². The molecule has 24 heavy (non-hydrogen) atoms. The van der Waals surface area contributed by atoms with Crippen LogP contribution >= 0.6 is 0 Å². The summed E-state index contributed by atoms with van der Waals surface area (Å²) < 4.78 is 6.07. The summed E-state index contributed by atoms with van der Waals surface area (Å²) in [6, 6.07) is 24.4. The molecule has 1 aliphatic rings. The SMILES string of the molecule is c1ccc2c(c1)Nc1c(cccc1-c1cccc3cccnc13)O2. The monoisotopic (exact) mass is 310 g/mol. The molecule has 1 N–H and O–H groups in total. The van der Waals surface area contributed by atoms with E-state index in [2.05, 4.69) is 40.6 Å². The normalized spacial score (nSPS) is 12.0. The molecular formula is C21H14N2O. The van der Waals surface area contributed by atoms with Crippen LogP contribution in [-0.2, 0) is 0 Å². The summed E-state index contributed by atoms with van der Waals surface area (Å²) in [5.41, 5.74) is 5.14. The van der Waals surface area contributed by atoms with Crippen LogP contribution < -0.4 is 10.1 Å². The van der Waals surface area contributed by atoms with E-state index in [9.17, 15) is 0 Å². The number of nitrogens with zero attached hydrogens (tertiary/aromatic N) is 1. The van der Waals surface area contributed by atoms with Gasteiger partial charge < -0.3 is 10.1 Å². The molecule has 0 fully saturated rings. The second-order valence-electron chi connectivity index (χ2n) is 5.78. The molecule has 2 heterocycles. The third-order valence-corrected chi connectivity index (χ3v) is 4.32. The van der Waals surface area contributed by atoms with E-state index in [1.807, 2.05) is 48.7 Å². The van der Waals surface area contributed by atoms with Gasteiger partial charge in [-0.1, -0.05) is 48.5 Å². The first kappa shape index (κ1) is 13.1. The molecule has 0 radical (unpaired) electrons. The van der Waals surface area contributed by atoms with Gasteiger partial charge in [-0.2, -0.15) is 0 Å². The summed E-state index contributed by atoms with van der Waals surface area (Å²) in [5, 5.41) is 4.65. The number of hydrogen-bond donors (Lipinski definition) is 1. The Labute approximate surface area is 139 Å². The third kappa shape index (κ3) is 1.95. The highest BCUT2D eigenvalue weighted by Gasteiger charge is 2.20. The number of para-hydroxylation sites is 4. The first-order valence-electron chi connectivity index (χ1n) is 7.91. The number of pyridine rings is 1. The molecule has 0 amide bonds. The van der Waals surface area contributed by atoms with E-state index < -0.39 is 0 Å². The second-order valence-corrected chi connectivity index (χ2v) is 5.78. The fraction of sp³-hybridized carbons (Fsp3) is 0. The van der Waals surface area contributed by atoms with Gasteiger partial charge in [-0.3, -0.25) is 4.98 Å².